The molecular weight excluding hydrogens is 420 g/mol. The lowest BCUT2D eigenvalue weighted by atomic mass is 10.1. The molecule has 0 radical (unpaired) electrons. The minimum Gasteiger partial charge on any atom is -0.329 e. The fraction of sp³-hybridized carbons (Fsp3) is 0.118. The Morgan fingerprint density at radius 2 is 2.12 bits per heavy atom. The van der Waals surface area contributed by atoms with Crippen molar-refractivity contribution in [2.45, 2.75) is 10.9 Å². The molecule has 0 fully saturated rings. The third-order valence-corrected chi connectivity index (χ3v) is 6.23. The van der Waals surface area contributed by atoms with Crippen LogP contribution in [0.3, 0.4) is 0 Å². The lowest BCUT2D eigenvalue weighted by Crippen LogP contribution is -2.10. The molecule has 4 rings (SSSR count). The molecule has 0 aliphatic heterocycles. The van der Waals surface area contributed by atoms with E-state index < -0.39 is 0 Å². The Bertz CT molecular complexity index is 1100. The van der Waals surface area contributed by atoms with E-state index in [4.69, 9.17) is 0 Å². The van der Waals surface area contributed by atoms with Crippen molar-refractivity contribution in [1.29, 1.82) is 0 Å². The van der Waals surface area contributed by atoms with Gasteiger partial charge in [0.15, 0.2) is 5.16 Å². The normalized spacial score (nSPS) is 11.3. The van der Waals surface area contributed by atoms with Crippen LogP contribution in [0, 0.1) is 0 Å². The van der Waals surface area contributed by atoms with Gasteiger partial charge in [-0.3, -0.25) is 4.79 Å². The molecule has 5 nitrogen and oxygen atoms in total. The molecule has 1 aromatic carbocycles. The number of fused-ring (bicyclic) bond motifs is 1. The molecule has 0 atom stereocenters. The van der Waals surface area contributed by atoms with Gasteiger partial charge in [0.2, 0.25) is 0 Å². The Balaban J connectivity index is 1.68. The number of imidazole rings is 1. The standard InChI is InChI=1S/C17H13BrN4OS2/c1-22-7-6-19-17(22)25-9-13-20-15(23)14-12(8-24-16(14)21-13)10-2-4-11(18)5-3-10/h2-8H,9H2,1H3,(H,20,21,23). The van der Waals surface area contributed by atoms with Crippen molar-refractivity contribution in [2.24, 2.45) is 7.05 Å². The fourth-order valence-corrected chi connectivity index (χ4v) is 4.56. The SMILES string of the molecule is Cn1ccnc1SCc1nc2scc(-c3ccc(Br)cc3)c2c(=O)[nH]1. The maximum atomic E-state index is 12.6. The van der Waals surface area contributed by atoms with Gasteiger partial charge in [0, 0.05) is 34.9 Å². The maximum Gasteiger partial charge on any atom is 0.260 e. The Hall–Kier alpha value is -1.90. The first-order chi connectivity index (χ1) is 12.1. The smallest absolute Gasteiger partial charge is 0.260 e. The Kier molecular flexibility index (Phi) is 4.49. The van der Waals surface area contributed by atoms with E-state index in [0.29, 0.717) is 17.0 Å². The number of aryl methyl sites for hydroxylation is 1. The van der Waals surface area contributed by atoms with Crippen LogP contribution in [0.5, 0.6) is 0 Å². The highest BCUT2D eigenvalue weighted by atomic mass is 79.9. The zero-order chi connectivity index (χ0) is 17.4. The van der Waals surface area contributed by atoms with E-state index in [9.17, 15) is 4.79 Å². The van der Waals surface area contributed by atoms with Crippen molar-refractivity contribution in [3.05, 3.63) is 62.7 Å². The van der Waals surface area contributed by atoms with Gasteiger partial charge in [0.05, 0.1) is 11.1 Å². The van der Waals surface area contributed by atoms with Crippen molar-refractivity contribution in [3.63, 3.8) is 0 Å². The van der Waals surface area contributed by atoms with Crippen LogP contribution in [0.25, 0.3) is 21.3 Å². The molecule has 0 amide bonds. The molecule has 0 aliphatic rings. The summed E-state index contributed by atoms with van der Waals surface area (Å²) < 4.78 is 2.95. The lowest BCUT2D eigenvalue weighted by Gasteiger charge is -2.03. The van der Waals surface area contributed by atoms with Gasteiger partial charge in [-0.05, 0) is 17.7 Å². The number of aromatic amines is 1. The van der Waals surface area contributed by atoms with Gasteiger partial charge >= 0.3 is 0 Å². The number of rotatable bonds is 4. The van der Waals surface area contributed by atoms with Gasteiger partial charge in [0.25, 0.3) is 5.56 Å². The van der Waals surface area contributed by atoms with Crippen LogP contribution in [-0.4, -0.2) is 19.5 Å². The third-order valence-electron chi connectivity index (χ3n) is 3.76. The van der Waals surface area contributed by atoms with Crippen LogP contribution < -0.4 is 5.56 Å². The summed E-state index contributed by atoms with van der Waals surface area (Å²) in [4.78, 5) is 25.2. The minimum absolute atomic E-state index is 0.0976. The summed E-state index contributed by atoms with van der Waals surface area (Å²) in [7, 11) is 1.94. The van der Waals surface area contributed by atoms with Crippen molar-refractivity contribution in [1.82, 2.24) is 19.5 Å². The molecule has 4 aromatic rings. The second-order valence-electron chi connectivity index (χ2n) is 5.46. The molecule has 0 aliphatic carbocycles. The van der Waals surface area contributed by atoms with Gasteiger partial charge in [0.1, 0.15) is 10.7 Å². The van der Waals surface area contributed by atoms with E-state index in [-0.39, 0.29) is 5.56 Å². The quantitative estimate of drug-likeness (QED) is 0.484. The summed E-state index contributed by atoms with van der Waals surface area (Å²) >= 11 is 6.48. The Morgan fingerprint density at radius 1 is 1.32 bits per heavy atom. The molecule has 126 valence electrons. The van der Waals surface area contributed by atoms with Gasteiger partial charge in [-0.1, -0.05) is 39.8 Å². The van der Waals surface area contributed by atoms with Gasteiger partial charge in [-0.15, -0.1) is 11.3 Å². The first-order valence-corrected chi connectivity index (χ1v) is 10.1. The highest BCUT2D eigenvalue weighted by Crippen LogP contribution is 2.31. The fourth-order valence-electron chi connectivity index (χ4n) is 2.53. The average Bonchev–Trinajstić information content (AvgIpc) is 3.20. The molecule has 1 N–H and O–H groups in total. The summed E-state index contributed by atoms with van der Waals surface area (Å²) in [5.41, 5.74) is 1.83. The summed E-state index contributed by atoms with van der Waals surface area (Å²) in [6, 6.07) is 7.93. The number of nitrogens with zero attached hydrogens (tertiary/aromatic N) is 3. The van der Waals surface area contributed by atoms with E-state index in [1.165, 1.54) is 11.3 Å². The van der Waals surface area contributed by atoms with Crippen LogP contribution in [-0.2, 0) is 12.8 Å². The maximum absolute atomic E-state index is 12.6. The molecule has 0 spiro atoms. The largest absolute Gasteiger partial charge is 0.329 e. The number of thiophene rings is 1. The van der Waals surface area contributed by atoms with Crippen molar-refractivity contribution in [2.75, 3.05) is 0 Å². The molecule has 0 saturated heterocycles. The van der Waals surface area contributed by atoms with E-state index >= 15 is 0 Å². The average molecular weight is 433 g/mol. The molecule has 0 saturated carbocycles. The highest BCUT2D eigenvalue weighted by molar-refractivity contribution is 9.10. The van der Waals surface area contributed by atoms with Crippen LogP contribution >= 0.6 is 39.0 Å². The Labute approximate surface area is 160 Å². The van der Waals surface area contributed by atoms with Gasteiger partial charge in [-0.25, -0.2) is 9.97 Å². The minimum atomic E-state index is -0.0976. The monoisotopic (exact) mass is 432 g/mol. The van der Waals surface area contributed by atoms with Crippen molar-refractivity contribution in [3.8, 4) is 11.1 Å². The molecule has 0 unspecified atom stereocenters. The van der Waals surface area contributed by atoms with E-state index in [2.05, 4.69) is 30.9 Å². The number of halogens is 1. The third kappa shape index (κ3) is 3.29. The first-order valence-electron chi connectivity index (χ1n) is 7.48. The zero-order valence-electron chi connectivity index (χ0n) is 13.2. The number of thioether (sulfide) groups is 1. The van der Waals surface area contributed by atoms with Crippen LogP contribution in [0.15, 0.2) is 56.5 Å². The molecule has 3 aromatic heterocycles. The van der Waals surface area contributed by atoms with E-state index in [0.717, 1.165) is 25.6 Å². The number of nitrogens with one attached hydrogen (secondary N) is 1. The topological polar surface area (TPSA) is 63.6 Å². The predicted molar refractivity (Wildman–Crippen MR) is 106 cm³/mol. The van der Waals surface area contributed by atoms with Crippen molar-refractivity contribution >= 4 is 49.2 Å². The predicted octanol–water partition coefficient (Wildman–Crippen LogP) is 4.44. The zero-order valence-corrected chi connectivity index (χ0v) is 16.4. The molecule has 0 bridgehead atoms. The van der Waals surface area contributed by atoms with Gasteiger partial charge in [-0.2, -0.15) is 0 Å². The number of benzene rings is 1. The molecule has 3 heterocycles. The molecule has 8 heteroatoms. The molecule has 25 heavy (non-hydrogen) atoms. The summed E-state index contributed by atoms with van der Waals surface area (Å²) in [5.74, 6) is 1.23. The lowest BCUT2D eigenvalue weighted by molar-refractivity contribution is 0.789. The summed E-state index contributed by atoms with van der Waals surface area (Å²) in [6.07, 6.45) is 3.65. The first kappa shape index (κ1) is 16.6. The highest BCUT2D eigenvalue weighted by Gasteiger charge is 2.13. The summed E-state index contributed by atoms with van der Waals surface area (Å²) in [5, 5.41) is 3.54. The van der Waals surface area contributed by atoms with Gasteiger partial charge < -0.3 is 9.55 Å². The van der Waals surface area contributed by atoms with Crippen LogP contribution in [0.1, 0.15) is 5.82 Å². The van der Waals surface area contributed by atoms with Crippen molar-refractivity contribution < 1.29 is 0 Å². The number of aromatic nitrogens is 4. The number of H-pyrrole nitrogens is 1. The second kappa shape index (κ2) is 6.78. The number of hydrogen-bond acceptors (Lipinski definition) is 5. The van der Waals surface area contributed by atoms with Crippen LogP contribution in [0.4, 0.5) is 0 Å². The second-order valence-corrected chi connectivity index (χ2v) is 8.17. The summed E-state index contributed by atoms with van der Waals surface area (Å²) in [6.45, 7) is 0. The van der Waals surface area contributed by atoms with E-state index in [1.54, 1.807) is 18.0 Å². The van der Waals surface area contributed by atoms with Crippen LogP contribution in [0.2, 0.25) is 0 Å². The molecular formula is C17H13BrN4OS2. The Morgan fingerprint density at radius 3 is 2.84 bits per heavy atom. The number of hydrogen-bond donors (Lipinski definition) is 1. The van der Waals surface area contributed by atoms with E-state index in [1.807, 2.05) is 47.5 Å².